The van der Waals surface area contributed by atoms with Gasteiger partial charge < -0.3 is 4.90 Å². The van der Waals surface area contributed by atoms with Crippen molar-refractivity contribution in [3.63, 3.8) is 0 Å². The molecule has 3 rings (SSSR count). The highest BCUT2D eigenvalue weighted by molar-refractivity contribution is 7.88. The van der Waals surface area contributed by atoms with Gasteiger partial charge in [0.15, 0.2) is 0 Å². The average Bonchev–Trinajstić information content (AvgIpc) is 3.07. The quantitative estimate of drug-likeness (QED) is 0.831. The van der Waals surface area contributed by atoms with Gasteiger partial charge in [0.25, 0.3) is 5.91 Å². The van der Waals surface area contributed by atoms with Crippen LogP contribution in [0.1, 0.15) is 36.0 Å². The number of hydrogen-bond acceptors (Lipinski definition) is 4. The van der Waals surface area contributed by atoms with E-state index in [4.69, 9.17) is 0 Å². The van der Waals surface area contributed by atoms with Crippen LogP contribution in [-0.4, -0.2) is 55.0 Å². The second-order valence-electron chi connectivity index (χ2n) is 6.01. The van der Waals surface area contributed by atoms with Gasteiger partial charge in [-0.15, -0.1) is 0 Å². The standard InChI is InChI=1S/C14H20N2O3S2/c1-21(18,19)16-8-3-6-14(16)5-2-7-15(11-14)13(17)12-4-9-20-10-12/h4,9-10H,2-3,5-8,11H2,1H3/t14-/m1/s1. The molecule has 0 N–H and O–H groups in total. The summed E-state index contributed by atoms with van der Waals surface area (Å²) in [6.07, 6.45) is 4.73. The first-order chi connectivity index (χ1) is 9.92. The lowest BCUT2D eigenvalue weighted by molar-refractivity contribution is 0.0525. The molecule has 2 saturated heterocycles. The normalized spacial score (nSPS) is 27.4. The number of thiophene rings is 1. The number of piperidine rings is 1. The molecule has 1 aromatic rings. The number of carbonyl (C=O) groups is 1. The van der Waals surface area contributed by atoms with Crippen LogP contribution >= 0.6 is 11.3 Å². The summed E-state index contributed by atoms with van der Waals surface area (Å²) in [5, 5.41) is 3.75. The third kappa shape index (κ3) is 2.74. The lowest BCUT2D eigenvalue weighted by atomic mass is 9.87. The molecule has 0 aromatic carbocycles. The topological polar surface area (TPSA) is 57.7 Å². The summed E-state index contributed by atoms with van der Waals surface area (Å²) in [4.78, 5) is 14.4. The van der Waals surface area contributed by atoms with E-state index >= 15 is 0 Å². The lowest BCUT2D eigenvalue weighted by Crippen LogP contribution is -2.58. The highest BCUT2D eigenvalue weighted by atomic mass is 32.2. The van der Waals surface area contributed by atoms with E-state index in [2.05, 4.69) is 0 Å². The smallest absolute Gasteiger partial charge is 0.254 e. The van der Waals surface area contributed by atoms with Gasteiger partial charge in [-0.2, -0.15) is 15.6 Å². The first-order valence-electron chi connectivity index (χ1n) is 7.22. The molecule has 1 amide bonds. The van der Waals surface area contributed by atoms with Crippen LogP contribution in [0.5, 0.6) is 0 Å². The molecule has 5 nitrogen and oxygen atoms in total. The Morgan fingerprint density at radius 3 is 2.62 bits per heavy atom. The summed E-state index contributed by atoms with van der Waals surface area (Å²) in [6, 6.07) is 1.83. The zero-order valence-corrected chi connectivity index (χ0v) is 13.8. The molecule has 116 valence electrons. The first-order valence-corrected chi connectivity index (χ1v) is 10.0. The molecule has 1 atom stereocenters. The molecule has 0 saturated carbocycles. The van der Waals surface area contributed by atoms with Crippen molar-refractivity contribution >= 4 is 27.3 Å². The van der Waals surface area contributed by atoms with E-state index in [1.807, 2.05) is 21.7 Å². The molecule has 0 aliphatic carbocycles. The predicted octanol–water partition coefficient (Wildman–Crippen LogP) is 1.78. The molecule has 3 heterocycles. The van der Waals surface area contributed by atoms with Gasteiger partial charge in [0, 0.05) is 25.0 Å². The largest absolute Gasteiger partial charge is 0.337 e. The zero-order chi connectivity index (χ0) is 15.1. The molecule has 2 aliphatic heterocycles. The molecule has 0 unspecified atom stereocenters. The van der Waals surface area contributed by atoms with Gasteiger partial charge in [-0.1, -0.05) is 0 Å². The molecule has 21 heavy (non-hydrogen) atoms. The van der Waals surface area contributed by atoms with Gasteiger partial charge in [0.2, 0.25) is 10.0 Å². The molecular weight excluding hydrogens is 308 g/mol. The van der Waals surface area contributed by atoms with Gasteiger partial charge >= 0.3 is 0 Å². The third-order valence-corrected chi connectivity index (χ3v) is 6.60. The second-order valence-corrected chi connectivity index (χ2v) is 8.69. The number of nitrogens with zero attached hydrogens (tertiary/aromatic N) is 2. The Bertz CT molecular complexity index is 627. The lowest BCUT2D eigenvalue weighted by Gasteiger charge is -2.44. The number of likely N-dealkylation sites (tertiary alicyclic amines) is 1. The van der Waals surface area contributed by atoms with Crippen molar-refractivity contribution < 1.29 is 13.2 Å². The molecule has 1 aromatic heterocycles. The van der Waals surface area contributed by atoms with Crippen molar-refractivity contribution in [3.8, 4) is 0 Å². The van der Waals surface area contributed by atoms with Crippen LogP contribution in [0.15, 0.2) is 16.8 Å². The fourth-order valence-corrected chi connectivity index (χ4v) is 5.73. The van der Waals surface area contributed by atoms with Crippen LogP contribution in [0.25, 0.3) is 0 Å². The Hall–Kier alpha value is -0.920. The van der Waals surface area contributed by atoms with E-state index < -0.39 is 10.0 Å². The second kappa shape index (κ2) is 5.37. The Balaban J connectivity index is 1.84. The average molecular weight is 328 g/mol. The van der Waals surface area contributed by atoms with Crippen LogP contribution in [0.3, 0.4) is 0 Å². The van der Waals surface area contributed by atoms with Crippen LogP contribution in [0.2, 0.25) is 0 Å². The van der Waals surface area contributed by atoms with Crippen molar-refractivity contribution in [1.29, 1.82) is 0 Å². The van der Waals surface area contributed by atoms with Crippen molar-refractivity contribution in [1.82, 2.24) is 9.21 Å². The molecule has 1 spiro atoms. The summed E-state index contributed by atoms with van der Waals surface area (Å²) in [6.45, 7) is 1.82. The number of sulfonamides is 1. The van der Waals surface area contributed by atoms with Crippen molar-refractivity contribution in [3.05, 3.63) is 22.4 Å². The van der Waals surface area contributed by atoms with E-state index in [9.17, 15) is 13.2 Å². The Morgan fingerprint density at radius 1 is 1.29 bits per heavy atom. The Morgan fingerprint density at radius 2 is 2.00 bits per heavy atom. The minimum atomic E-state index is -3.22. The molecule has 7 heteroatoms. The summed E-state index contributed by atoms with van der Waals surface area (Å²) in [7, 11) is -3.22. The van der Waals surface area contributed by atoms with Gasteiger partial charge in [-0.25, -0.2) is 8.42 Å². The van der Waals surface area contributed by atoms with Crippen LogP contribution < -0.4 is 0 Å². The maximum absolute atomic E-state index is 12.5. The maximum Gasteiger partial charge on any atom is 0.254 e. The molecular formula is C14H20N2O3S2. The van der Waals surface area contributed by atoms with E-state index in [0.29, 0.717) is 25.2 Å². The van der Waals surface area contributed by atoms with Gasteiger partial charge in [0.05, 0.1) is 17.4 Å². The highest BCUT2D eigenvalue weighted by Gasteiger charge is 2.48. The SMILES string of the molecule is CS(=O)(=O)N1CCC[C@@]12CCCN(C(=O)c1ccsc1)C2. The zero-order valence-electron chi connectivity index (χ0n) is 12.1. The Labute approximate surface area is 129 Å². The van der Waals surface area contributed by atoms with Crippen LogP contribution in [-0.2, 0) is 10.0 Å². The molecule has 2 aliphatic rings. The fourth-order valence-electron chi connectivity index (χ4n) is 3.69. The summed E-state index contributed by atoms with van der Waals surface area (Å²) < 4.78 is 25.7. The van der Waals surface area contributed by atoms with E-state index in [1.165, 1.54) is 17.6 Å². The first kappa shape index (κ1) is 15.0. The van der Waals surface area contributed by atoms with E-state index in [0.717, 1.165) is 25.7 Å². The summed E-state index contributed by atoms with van der Waals surface area (Å²) in [5.74, 6) is 0.0238. The molecule has 2 fully saturated rings. The number of amides is 1. The predicted molar refractivity (Wildman–Crippen MR) is 83.0 cm³/mol. The summed E-state index contributed by atoms with van der Waals surface area (Å²) >= 11 is 1.51. The van der Waals surface area contributed by atoms with Crippen LogP contribution in [0, 0.1) is 0 Å². The minimum Gasteiger partial charge on any atom is -0.337 e. The van der Waals surface area contributed by atoms with Gasteiger partial charge in [-0.05, 0) is 37.1 Å². The number of carbonyl (C=O) groups excluding carboxylic acids is 1. The van der Waals surface area contributed by atoms with Crippen molar-refractivity contribution in [2.24, 2.45) is 0 Å². The Kier molecular flexibility index (Phi) is 3.83. The van der Waals surface area contributed by atoms with Crippen molar-refractivity contribution in [2.75, 3.05) is 25.9 Å². The monoisotopic (exact) mass is 328 g/mol. The van der Waals surface area contributed by atoms with E-state index in [-0.39, 0.29) is 11.4 Å². The van der Waals surface area contributed by atoms with Crippen LogP contribution in [0.4, 0.5) is 0 Å². The highest BCUT2D eigenvalue weighted by Crippen LogP contribution is 2.39. The maximum atomic E-state index is 12.5. The van der Waals surface area contributed by atoms with E-state index in [1.54, 1.807) is 4.31 Å². The summed E-state index contributed by atoms with van der Waals surface area (Å²) in [5.41, 5.74) is 0.332. The fraction of sp³-hybridized carbons (Fsp3) is 0.643. The minimum absolute atomic E-state index is 0.0238. The van der Waals surface area contributed by atoms with Gasteiger partial charge in [0.1, 0.15) is 0 Å². The van der Waals surface area contributed by atoms with Gasteiger partial charge in [-0.3, -0.25) is 4.79 Å². The number of hydrogen-bond donors (Lipinski definition) is 0. The number of rotatable bonds is 2. The molecule has 0 bridgehead atoms. The molecule has 0 radical (unpaired) electrons. The van der Waals surface area contributed by atoms with Crippen molar-refractivity contribution in [2.45, 2.75) is 31.2 Å². The third-order valence-electron chi connectivity index (χ3n) is 4.54.